The summed E-state index contributed by atoms with van der Waals surface area (Å²) in [6.45, 7) is 0. The van der Waals surface area contributed by atoms with Crippen LogP contribution in [0.25, 0.3) is 0 Å². The lowest BCUT2D eigenvalue weighted by Gasteiger charge is -2.05. The van der Waals surface area contributed by atoms with Crippen LogP contribution in [0.15, 0.2) is 29.2 Å². The quantitative estimate of drug-likeness (QED) is 0.702. The fourth-order valence-corrected chi connectivity index (χ4v) is 2.57. The van der Waals surface area contributed by atoms with Crippen molar-refractivity contribution in [2.45, 2.75) is 23.9 Å². The summed E-state index contributed by atoms with van der Waals surface area (Å²) in [6, 6.07) is 5.88. The highest BCUT2D eigenvalue weighted by Gasteiger charge is 2.35. The number of carbonyl (C=O) groups is 1. The molecule has 0 aliphatic rings. The molecule has 0 aliphatic carbocycles. The van der Waals surface area contributed by atoms with Crippen molar-refractivity contribution in [2.75, 3.05) is 12.4 Å². The lowest BCUT2D eigenvalue weighted by molar-refractivity contribution is -0.144. The van der Waals surface area contributed by atoms with Gasteiger partial charge in [0, 0.05) is 6.42 Å². The van der Waals surface area contributed by atoms with Gasteiger partial charge in [0.2, 0.25) is 27.7 Å². The number of carbonyl (C=O) groups excluding carboxylic acids is 1. The molecule has 0 aliphatic heterocycles. The molecule has 0 saturated carbocycles. The molecule has 8 nitrogen and oxygen atoms in total. The summed E-state index contributed by atoms with van der Waals surface area (Å²) < 4.78 is 62.4. The molecule has 1 aromatic heterocycles. The summed E-state index contributed by atoms with van der Waals surface area (Å²) in [6.07, 6.45) is -4.44. The van der Waals surface area contributed by atoms with Gasteiger partial charge in [-0.15, -0.1) is 5.10 Å². The minimum absolute atomic E-state index is 0.0337. The number of aromatic nitrogens is 3. The molecule has 0 spiro atoms. The van der Waals surface area contributed by atoms with E-state index in [2.05, 4.69) is 20.1 Å². The zero-order valence-corrected chi connectivity index (χ0v) is 13.7. The van der Waals surface area contributed by atoms with Crippen LogP contribution in [-0.2, 0) is 27.4 Å². The smallest absolute Gasteiger partial charge is 0.293 e. The van der Waals surface area contributed by atoms with Gasteiger partial charge in [-0.2, -0.15) is 18.2 Å². The summed E-state index contributed by atoms with van der Waals surface area (Å²) in [4.78, 5) is 14.9. The average molecular weight is 377 g/mol. The number of hydrogen-bond donors (Lipinski definition) is 3. The van der Waals surface area contributed by atoms with Crippen molar-refractivity contribution < 1.29 is 26.4 Å². The molecular formula is C13H14F3N5O3S. The first-order valence-corrected chi connectivity index (χ1v) is 8.42. The first-order chi connectivity index (χ1) is 11.6. The normalized spacial score (nSPS) is 12.2. The van der Waals surface area contributed by atoms with E-state index in [1.54, 1.807) is 17.2 Å². The summed E-state index contributed by atoms with van der Waals surface area (Å²) >= 11 is 0. The number of halogens is 3. The molecule has 0 bridgehead atoms. The highest BCUT2D eigenvalue weighted by Crippen LogP contribution is 2.26. The summed E-state index contributed by atoms with van der Waals surface area (Å²) in [5, 5.41) is 7.10. The fourth-order valence-electron chi connectivity index (χ4n) is 1.84. The van der Waals surface area contributed by atoms with Gasteiger partial charge in [-0.25, -0.2) is 13.1 Å². The second-order valence-electron chi connectivity index (χ2n) is 4.91. The molecule has 12 heteroatoms. The molecular weight excluding hydrogens is 363 g/mol. The van der Waals surface area contributed by atoms with Crippen LogP contribution in [0, 0.1) is 0 Å². The number of alkyl halides is 3. The van der Waals surface area contributed by atoms with Crippen molar-refractivity contribution in [2.24, 2.45) is 0 Å². The molecule has 2 rings (SSSR count). The Kier molecular flexibility index (Phi) is 5.42. The maximum absolute atomic E-state index is 12.4. The Morgan fingerprint density at radius 3 is 2.40 bits per heavy atom. The summed E-state index contributed by atoms with van der Waals surface area (Å²) in [7, 11) is -2.25. The number of rotatable bonds is 6. The van der Waals surface area contributed by atoms with Gasteiger partial charge in [0.05, 0.1) is 4.90 Å². The number of anilines is 1. The Morgan fingerprint density at radius 2 is 1.88 bits per heavy atom. The highest BCUT2D eigenvalue weighted by atomic mass is 32.2. The number of H-pyrrole nitrogens is 1. The van der Waals surface area contributed by atoms with Gasteiger partial charge in [0.15, 0.2) is 0 Å². The molecule has 0 unspecified atom stereocenters. The van der Waals surface area contributed by atoms with E-state index in [-0.39, 0.29) is 17.7 Å². The van der Waals surface area contributed by atoms with Crippen LogP contribution in [0.4, 0.5) is 19.1 Å². The van der Waals surface area contributed by atoms with Crippen molar-refractivity contribution in [3.8, 4) is 0 Å². The lowest BCUT2D eigenvalue weighted by atomic mass is 10.1. The summed E-state index contributed by atoms with van der Waals surface area (Å²) in [5.74, 6) is -2.34. The topological polar surface area (TPSA) is 117 Å². The van der Waals surface area contributed by atoms with Crippen LogP contribution in [0.1, 0.15) is 17.8 Å². The monoisotopic (exact) mass is 377 g/mol. The molecule has 0 atom stereocenters. The number of hydrogen-bond acceptors (Lipinski definition) is 5. The van der Waals surface area contributed by atoms with E-state index in [1.807, 2.05) is 0 Å². The van der Waals surface area contributed by atoms with Gasteiger partial charge in [-0.1, -0.05) is 12.1 Å². The van der Waals surface area contributed by atoms with Crippen LogP contribution < -0.4 is 10.0 Å². The number of benzene rings is 1. The molecule has 0 saturated heterocycles. The van der Waals surface area contributed by atoms with Gasteiger partial charge >= 0.3 is 6.18 Å². The number of nitrogens with one attached hydrogen (secondary N) is 3. The Morgan fingerprint density at radius 1 is 1.24 bits per heavy atom. The third kappa shape index (κ3) is 5.00. The number of sulfonamides is 1. The molecule has 0 fully saturated rings. The van der Waals surface area contributed by atoms with E-state index in [4.69, 9.17) is 0 Å². The van der Waals surface area contributed by atoms with Crippen LogP contribution in [0.2, 0.25) is 0 Å². The van der Waals surface area contributed by atoms with Gasteiger partial charge in [-0.3, -0.25) is 15.2 Å². The van der Waals surface area contributed by atoms with E-state index in [0.717, 1.165) is 0 Å². The van der Waals surface area contributed by atoms with Gasteiger partial charge in [0.1, 0.15) is 0 Å². The Labute approximate surface area is 140 Å². The van der Waals surface area contributed by atoms with Crippen LogP contribution >= 0.6 is 0 Å². The second-order valence-corrected chi connectivity index (χ2v) is 6.79. The van der Waals surface area contributed by atoms with E-state index in [9.17, 15) is 26.4 Å². The van der Waals surface area contributed by atoms with E-state index >= 15 is 0 Å². The minimum Gasteiger partial charge on any atom is -0.293 e. The molecule has 1 aromatic carbocycles. The van der Waals surface area contributed by atoms with Crippen molar-refractivity contribution in [1.29, 1.82) is 0 Å². The van der Waals surface area contributed by atoms with Crippen molar-refractivity contribution >= 4 is 21.9 Å². The van der Waals surface area contributed by atoms with Crippen LogP contribution in [0.3, 0.4) is 0 Å². The minimum atomic E-state index is -4.68. The average Bonchev–Trinajstić information content (AvgIpc) is 3.02. The zero-order valence-electron chi connectivity index (χ0n) is 12.9. The van der Waals surface area contributed by atoms with E-state index < -0.39 is 33.9 Å². The van der Waals surface area contributed by atoms with Crippen LogP contribution in [-0.4, -0.2) is 36.6 Å². The first kappa shape index (κ1) is 18.9. The van der Waals surface area contributed by atoms with Crippen molar-refractivity contribution in [1.82, 2.24) is 19.9 Å². The second kappa shape index (κ2) is 7.19. The Balaban J connectivity index is 1.91. The Bertz CT molecular complexity index is 847. The number of nitrogens with zero attached hydrogens (tertiary/aromatic N) is 2. The fraction of sp³-hybridized carbons (Fsp3) is 0.308. The van der Waals surface area contributed by atoms with Gasteiger partial charge < -0.3 is 0 Å². The number of aromatic amines is 1. The van der Waals surface area contributed by atoms with E-state index in [1.165, 1.54) is 19.2 Å². The predicted octanol–water partition coefficient (Wildman–Crippen LogP) is 1.30. The Hall–Kier alpha value is -2.47. The van der Waals surface area contributed by atoms with Gasteiger partial charge in [0.25, 0.3) is 0 Å². The number of aryl methyl sites for hydroxylation is 1. The molecule has 1 amide bonds. The SMILES string of the molecule is CNS(=O)(=O)c1ccc(CCC(=O)Nc2n[nH]c(C(F)(F)F)n2)cc1. The maximum Gasteiger partial charge on any atom is 0.451 e. The largest absolute Gasteiger partial charge is 0.451 e. The molecule has 136 valence electrons. The molecule has 0 radical (unpaired) electrons. The molecule has 2 aromatic rings. The van der Waals surface area contributed by atoms with Gasteiger partial charge in [-0.05, 0) is 31.2 Å². The van der Waals surface area contributed by atoms with Crippen LogP contribution in [0.5, 0.6) is 0 Å². The van der Waals surface area contributed by atoms with Crippen molar-refractivity contribution in [3.05, 3.63) is 35.7 Å². The summed E-state index contributed by atoms with van der Waals surface area (Å²) in [5.41, 5.74) is 0.691. The van der Waals surface area contributed by atoms with E-state index in [0.29, 0.717) is 5.56 Å². The predicted molar refractivity (Wildman–Crippen MR) is 81.0 cm³/mol. The third-order valence-electron chi connectivity index (χ3n) is 3.15. The first-order valence-electron chi connectivity index (χ1n) is 6.94. The third-order valence-corrected chi connectivity index (χ3v) is 4.58. The maximum atomic E-state index is 12.4. The lowest BCUT2D eigenvalue weighted by Crippen LogP contribution is -2.18. The highest BCUT2D eigenvalue weighted by molar-refractivity contribution is 7.89. The molecule has 25 heavy (non-hydrogen) atoms. The zero-order chi connectivity index (χ0) is 18.7. The number of amides is 1. The van der Waals surface area contributed by atoms with Crippen molar-refractivity contribution in [3.63, 3.8) is 0 Å². The molecule has 1 heterocycles. The standard InChI is InChI=1S/C13H14F3N5O3S/c1-17-25(23,24)9-5-2-8(3-6-9)4-7-10(22)18-12-19-11(20-21-12)13(14,15)16/h2-3,5-6,17H,4,7H2,1H3,(H2,18,19,20,21,22). The molecule has 3 N–H and O–H groups in total.